The first-order valence-corrected chi connectivity index (χ1v) is 11.3. The molecule has 0 spiro atoms. The van der Waals surface area contributed by atoms with E-state index in [0.717, 1.165) is 24.1 Å². The molecule has 1 N–H and O–H groups in total. The molecule has 0 saturated carbocycles. The Morgan fingerprint density at radius 3 is 2.61 bits per heavy atom. The zero-order chi connectivity index (χ0) is 23.6. The Morgan fingerprint density at radius 1 is 1.12 bits per heavy atom. The van der Waals surface area contributed by atoms with Crippen molar-refractivity contribution in [2.75, 3.05) is 13.7 Å². The van der Waals surface area contributed by atoms with Crippen LogP contribution in [0.1, 0.15) is 49.7 Å². The molecular formula is C26H32N2O5. The smallest absolute Gasteiger partial charge is 0.274 e. The highest BCUT2D eigenvalue weighted by molar-refractivity contribution is 5.93. The first kappa shape index (κ1) is 24.3. The highest BCUT2D eigenvalue weighted by atomic mass is 16.7. The quantitative estimate of drug-likeness (QED) is 0.368. The number of nitrogens with one attached hydrogen (secondary N) is 1. The third-order valence-corrected chi connectivity index (χ3v) is 4.94. The summed E-state index contributed by atoms with van der Waals surface area (Å²) >= 11 is 0. The van der Waals surface area contributed by atoms with Gasteiger partial charge in [-0.15, -0.1) is 0 Å². The van der Waals surface area contributed by atoms with Gasteiger partial charge in [-0.25, -0.2) is 10.5 Å². The lowest BCUT2D eigenvalue weighted by Crippen LogP contribution is -2.31. The van der Waals surface area contributed by atoms with Crippen molar-refractivity contribution < 1.29 is 23.5 Å². The second-order valence-electron chi connectivity index (χ2n) is 8.24. The average Bonchev–Trinajstić information content (AvgIpc) is 3.30. The van der Waals surface area contributed by atoms with Crippen LogP contribution >= 0.6 is 0 Å². The van der Waals surface area contributed by atoms with Crippen molar-refractivity contribution in [1.29, 1.82) is 0 Å². The van der Waals surface area contributed by atoms with Gasteiger partial charge in [-0.05, 0) is 42.7 Å². The fourth-order valence-electron chi connectivity index (χ4n) is 3.26. The fourth-order valence-corrected chi connectivity index (χ4v) is 3.26. The van der Waals surface area contributed by atoms with Crippen LogP contribution in [0.15, 0.2) is 59.2 Å². The lowest BCUT2D eigenvalue weighted by molar-refractivity contribution is -0.0198. The molecule has 1 amide bonds. The first-order chi connectivity index (χ1) is 16.0. The molecule has 0 radical (unpaired) electrons. The lowest BCUT2D eigenvalue weighted by atomic mass is 10.1. The molecule has 2 aromatic carbocycles. The van der Waals surface area contributed by atoms with Gasteiger partial charge in [-0.1, -0.05) is 45.4 Å². The molecule has 0 fully saturated rings. The second-order valence-corrected chi connectivity index (χ2v) is 8.24. The third-order valence-electron chi connectivity index (χ3n) is 4.94. The van der Waals surface area contributed by atoms with Crippen LogP contribution in [0.4, 0.5) is 0 Å². The largest absolute Gasteiger partial charge is 0.493 e. The Kier molecular flexibility index (Phi) is 8.89. The Balaban J connectivity index is 1.66. The molecule has 0 saturated heterocycles. The Labute approximate surface area is 195 Å². The number of methoxy groups -OCH3 is 1. The molecule has 1 unspecified atom stereocenters. The summed E-state index contributed by atoms with van der Waals surface area (Å²) in [5.74, 6) is 1.93. The van der Waals surface area contributed by atoms with Gasteiger partial charge in [0.05, 0.1) is 25.5 Å². The van der Waals surface area contributed by atoms with Gasteiger partial charge in [-0.2, -0.15) is 0 Å². The van der Waals surface area contributed by atoms with Gasteiger partial charge in [0.15, 0.2) is 11.5 Å². The maximum atomic E-state index is 12.3. The second kappa shape index (κ2) is 12.1. The Hall–Kier alpha value is -3.32. The SMILES string of the molecule is CCCC(Cc1coc(-c2ccc(OC)c(OCC(C)C)c2)n1)ONC(=O)c1ccccc1. The summed E-state index contributed by atoms with van der Waals surface area (Å²) in [5.41, 5.74) is 4.65. The maximum Gasteiger partial charge on any atom is 0.274 e. The number of hydroxylamine groups is 1. The van der Waals surface area contributed by atoms with Crippen LogP contribution in [-0.2, 0) is 11.3 Å². The van der Waals surface area contributed by atoms with E-state index in [1.807, 2.05) is 36.4 Å². The normalized spacial score (nSPS) is 11.9. The fraction of sp³-hybridized carbons (Fsp3) is 0.385. The number of hydrogen-bond acceptors (Lipinski definition) is 6. The summed E-state index contributed by atoms with van der Waals surface area (Å²) in [7, 11) is 1.62. The molecule has 1 atom stereocenters. The van der Waals surface area contributed by atoms with E-state index in [0.29, 0.717) is 41.9 Å². The van der Waals surface area contributed by atoms with Crippen LogP contribution < -0.4 is 15.0 Å². The summed E-state index contributed by atoms with van der Waals surface area (Å²) in [6, 6.07) is 14.6. The summed E-state index contributed by atoms with van der Waals surface area (Å²) < 4.78 is 17.0. The molecule has 3 rings (SSSR count). The Morgan fingerprint density at radius 2 is 1.91 bits per heavy atom. The maximum absolute atomic E-state index is 12.3. The Bertz CT molecular complexity index is 1020. The summed E-state index contributed by atoms with van der Waals surface area (Å²) in [5, 5.41) is 0. The summed E-state index contributed by atoms with van der Waals surface area (Å²) in [6.07, 6.45) is 3.60. The molecule has 0 aliphatic carbocycles. The highest BCUT2D eigenvalue weighted by Gasteiger charge is 2.17. The number of aromatic nitrogens is 1. The molecule has 0 aliphatic rings. The van der Waals surface area contributed by atoms with Gasteiger partial charge in [0, 0.05) is 17.5 Å². The van der Waals surface area contributed by atoms with Crippen molar-refractivity contribution in [1.82, 2.24) is 10.5 Å². The minimum absolute atomic E-state index is 0.221. The van der Waals surface area contributed by atoms with Crippen molar-refractivity contribution in [3.8, 4) is 23.0 Å². The average molecular weight is 453 g/mol. The molecular weight excluding hydrogens is 420 g/mol. The van der Waals surface area contributed by atoms with Crippen molar-refractivity contribution >= 4 is 5.91 Å². The molecule has 0 bridgehead atoms. The summed E-state index contributed by atoms with van der Waals surface area (Å²) in [4.78, 5) is 22.6. The van der Waals surface area contributed by atoms with Crippen LogP contribution in [0.5, 0.6) is 11.5 Å². The number of carbonyl (C=O) groups is 1. The van der Waals surface area contributed by atoms with Crippen LogP contribution in [0.3, 0.4) is 0 Å². The van der Waals surface area contributed by atoms with Crippen LogP contribution in [-0.4, -0.2) is 30.7 Å². The van der Waals surface area contributed by atoms with Crippen molar-refractivity contribution in [2.24, 2.45) is 5.92 Å². The number of ether oxygens (including phenoxy) is 2. The molecule has 3 aromatic rings. The zero-order valence-corrected chi connectivity index (χ0v) is 19.7. The van der Waals surface area contributed by atoms with Gasteiger partial charge in [-0.3, -0.25) is 9.63 Å². The van der Waals surface area contributed by atoms with E-state index in [1.54, 1.807) is 25.5 Å². The van der Waals surface area contributed by atoms with Gasteiger partial charge in [0.1, 0.15) is 6.26 Å². The highest BCUT2D eigenvalue weighted by Crippen LogP contribution is 2.32. The number of amides is 1. The molecule has 7 nitrogen and oxygen atoms in total. The van der Waals surface area contributed by atoms with Crippen molar-refractivity contribution in [2.45, 2.75) is 46.1 Å². The molecule has 0 aliphatic heterocycles. The van der Waals surface area contributed by atoms with Gasteiger partial charge in [0.25, 0.3) is 5.91 Å². The van der Waals surface area contributed by atoms with Gasteiger partial charge in [0.2, 0.25) is 5.89 Å². The van der Waals surface area contributed by atoms with Gasteiger partial charge < -0.3 is 13.9 Å². The predicted octanol–water partition coefficient (Wildman–Crippen LogP) is 5.46. The van der Waals surface area contributed by atoms with E-state index < -0.39 is 0 Å². The van der Waals surface area contributed by atoms with E-state index in [4.69, 9.17) is 18.7 Å². The minimum Gasteiger partial charge on any atom is -0.493 e. The molecule has 33 heavy (non-hydrogen) atoms. The van der Waals surface area contributed by atoms with Crippen LogP contribution in [0, 0.1) is 5.92 Å². The van der Waals surface area contributed by atoms with E-state index >= 15 is 0 Å². The lowest BCUT2D eigenvalue weighted by Gasteiger charge is -2.16. The first-order valence-electron chi connectivity index (χ1n) is 11.3. The van der Waals surface area contributed by atoms with E-state index in [1.165, 1.54) is 0 Å². The van der Waals surface area contributed by atoms with Crippen LogP contribution in [0.2, 0.25) is 0 Å². The number of carbonyl (C=O) groups excluding carboxylic acids is 1. The monoisotopic (exact) mass is 452 g/mol. The minimum atomic E-state index is -0.273. The molecule has 1 aromatic heterocycles. The number of nitrogens with zero attached hydrogens (tertiary/aromatic N) is 1. The topological polar surface area (TPSA) is 82.8 Å². The predicted molar refractivity (Wildman–Crippen MR) is 126 cm³/mol. The van der Waals surface area contributed by atoms with E-state index in [9.17, 15) is 4.79 Å². The third kappa shape index (κ3) is 7.08. The number of rotatable bonds is 12. The molecule has 1 heterocycles. The van der Waals surface area contributed by atoms with Gasteiger partial charge >= 0.3 is 0 Å². The molecule has 7 heteroatoms. The summed E-state index contributed by atoms with van der Waals surface area (Å²) in [6.45, 7) is 6.84. The van der Waals surface area contributed by atoms with Crippen molar-refractivity contribution in [3.63, 3.8) is 0 Å². The van der Waals surface area contributed by atoms with Crippen LogP contribution in [0.25, 0.3) is 11.5 Å². The number of hydrogen-bond donors (Lipinski definition) is 1. The zero-order valence-electron chi connectivity index (χ0n) is 19.7. The van der Waals surface area contributed by atoms with Crippen molar-refractivity contribution in [3.05, 3.63) is 66.1 Å². The molecule has 176 valence electrons. The number of benzene rings is 2. The standard InChI is InChI=1S/C26H32N2O5/c1-5-9-22(33-28-25(29)19-10-7-6-8-11-19)15-21-17-32-26(27-21)20-12-13-23(30-4)24(14-20)31-16-18(2)3/h6-8,10-14,17-18,22H,5,9,15-16H2,1-4H3,(H,28,29). The number of oxazole rings is 1. The van der Waals surface area contributed by atoms with E-state index in [-0.39, 0.29) is 12.0 Å². The van der Waals surface area contributed by atoms with E-state index in [2.05, 4.69) is 31.2 Å².